The van der Waals surface area contributed by atoms with Crippen molar-refractivity contribution < 1.29 is 18.0 Å². The zero-order chi connectivity index (χ0) is 22.2. The number of hydrogen-bond donors (Lipinski definition) is 1. The molecule has 1 aliphatic carbocycles. The van der Waals surface area contributed by atoms with E-state index in [2.05, 4.69) is 30.9 Å². The van der Waals surface area contributed by atoms with E-state index in [4.69, 9.17) is 5.73 Å². The minimum atomic E-state index is -4.55. The number of aryl methyl sites for hydroxylation is 3. The number of aromatic nitrogens is 6. The summed E-state index contributed by atoms with van der Waals surface area (Å²) in [7, 11) is 1.22. The number of fused-ring (bicyclic) bond motifs is 1. The maximum absolute atomic E-state index is 12.0. The highest BCUT2D eigenvalue weighted by molar-refractivity contribution is 5.91. The molecule has 31 heavy (non-hydrogen) atoms. The van der Waals surface area contributed by atoms with Crippen LogP contribution in [0.5, 0.6) is 0 Å². The molecule has 0 atom stereocenters. The van der Waals surface area contributed by atoms with Gasteiger partial charge >= 0.3 is 6.18 Å². The summed E-state index contributed by atoms with van der Waals surface area (Å²) >= 11 is 0. The van der Waals surface area contributed by atoms with Crippen molar-refractivity contribution in [3.05, 3.63) is 47.3 Å². The number of alkyl halides is 3. The fraction of sp³-hybridized carbons (Fsp3) is 0.450. The number of carbonyl (C=O) groups is 1. The third kappa shape index (κ3) is 4.75. The Labute approximate surface area is 176 Å². The molecule has 2 N–H and O–H groups in total. The third-order valence-electron chi connectivity index (χ3n) is 5.23. The second-order valence-corrected chi connectivity index (χ2v) is 7.68. The molecule has 0 aromatic carbocycles. The van der Waals surface area contributed by atoms with Crippen molar-refractivity contribution in [2.75, 3.05) is 0 Å². The first-order valence-corrected chi connectivity index (χ1v) is 10.0. The van der Waals surface area contributed by atoms with Crippen molar-refractivity contribution in [3.8, 4) is 11.4 Å². The van der Waals surface area contributed by atoms with E-state index in [1.165, 1.54) is 38.4 Å². The highest BCUT2D eigenvalue weighted by Crippen LogP contribution is 2.39. The quantitative estimate of drug-likeness (QED) is 0.684. The van der Waals surface area contributed by atoms with Gasteiger partial charge in [0.2, 0.25) is 0 Å². The van der Waals surface area contributed by atoms with Crippen molar-refractivity contribution >= 4 is 5.91 Å². The number of rotatable bonds is 3. The Morgan fingerprint density at radius 3 is 2.55 bits per heavy atom. The van der Waals surface area contributed by atoms with Crippen LogP contribution in [0.25, 0.3) is 11.4 Å². The topological polar surface area (TPSA) is 105 Å². The van der Waals surface area contributed by atoms with Crippen molar-refractivity contribution in [3.63, 3.8) is 0 Å². The summed E-state index contributed by atoms with van der Waals surface area (Å²) in [5.74, 6) is 1.75. The summed E-state index contributed by atoms with van der Waals surface area (Å²) in [6, 6.07) is 4.80. The zero-order valence-electron chi connectivity index (χ0n) is 16.9. The second kappa shape index (κ2) is 8.12. The monoisotopic (exact) mass is 433 g/mol. The van der Waals surface area contributed by atoms with E-state index in [-0.39, 0.29) is 5.69 Å². The Morgan fingerprint density at radius 2 is 1.97 bits per heavy atom. The van der Waals surface area contributed by atoms with Crippen LogP contribution < -0.4 is 5.73 Å². The van der Waals surface area contributed by atoms with Crippen molar-refractivity contribution in [1.82, 2.24) is 29.5 Å². The number of nitrogens with zero attached hydrogens (tertiary/aromatic N) is 6. The molecule has 8 nitrogen and oxygen atoms in total. The van der Waals surface area contributed by atoms with Crippen LogP contribution in [-0.2, 0) is 26.2 Å². The van der Waals surface area contributed by atoms with Gasteiger partial charge in [-0.05, 0) is 37.8 Å². The van der Waals surface area contributed by atoms with Crippen molar-refractivity contribution in [2.45, 2.75) is 50.7 Å². The molecule has 0 bridgehead atoms. The molecule has 11 heteroatoms. The molecule has 1 saturated carbocycles. The molecular weight excluding hydrogens is 411 g/mol. The summed E-state index contributed by atoms with van der Waals surface area (Å²) in [6.07, 6.45) is 3.43. The lowest BCUT2D eigenvalue weighted by molar-refractivity contribution is -0.141. The normalized spacial score (nSPS) is 15.7. The largest absolute Gasteiger partial charge is 0.435 e. The minimum Gasteiger partial charge on any atom is -0.364 e. The van der Waals surface area contributed by atoms with Gasteiger partial charge in [-0.2, -0.15) is 23.4 Å². The molecule has 1 amide bonds. The highest BCUT2D eigenvalue weighted by atomic mass is 19.4. The number of carbonyl (C=O) groups excluding carboxylic acids is 1. The number of hydrogen-bond acceptors (Lipinski definition) is 5. The van der Waals surface area contributed by atoms with Gasteiger partial charge in [0, 0.05) is 49.5 Å². The van der Waals surface area contributed by atoms with Crippen LogP contribution in [0.4, 0.5) is 13.2 Å². The average molecular weight is 433 g/mol. The van der Waals surface area contributed by atoms with E-state index in [1.807, 2.05) is 12.3 Å². The molecule has 0 saturated heterocycles. The number of amides is 1. The summed E-state index contributed by atoms with van der Waals surface area (Å²) in [4.78, 5) is 19.7. The molecule has 3 aromatic rings. The van der Waals surface area contributed by atoms with E-state index in [1.54, 1.807) is 0 Å². The standard InChI is InChI=1S/C14H16N4.C6H6F3N3O/c1-2-8-18-13(3-1)16-14(17-18)11-6-7-15-12(9-11)10-4-5-10;1-12-3(5(10)13)2-4(11-12)6(7,8)9/h6-7,9-10H,1-5,8H2;2H,1H3,(H2,10,13). The molecule has 1 fully saturated rings. The van der Waals surface area contributed by atoms with Gasteiger partial charge in [0.1, 0.15) is 11.5 Å². The molecule has 0 radical (unpaired) electrons. The van der Waals surface area contributed by atoms with Gasteiger partial charge < -0.3 is 5.73 Å². The summed E-state index contributed by atoms with van der Waals surface area (Å²) in [5.41, 5.74) is 5.74. The summed E-state index contributed by atoms with van der Waals surface area (Å²) < 4.78 is 38.9. The Bertz CT molecular complexity index is 1080. The Kier molecular flexibility index (Phi) is 5.50. The van der Waals surface area contributed by atoms with Crippen LogP contribution >= 0.6 is 0 Å². The lowest BCUT2D eigenvalue weighted by Gasteiger charge is -2.09. The van der Waals surface area contributed by atoms with Crippen LogP contribution in [-0.4, -0.2) is 35.4 Å². The van der Waals surface area contributed by atoms with E-state index >= 15 is 0 Å². The SMILES string of the molecule is Cn1nc(C(F)(F)F)cc1C(N)=O.c1cc(-c2nc3n(n2)CCCC3)cc(C2CC2)n1. The second-order valence-electron chi connectivity index (χ2n) is 7.68. The van der Waals surface area contributed by atoms with E-state index in [0.717, 1.165) is 34.9 Å². The van der Waals surface area contributed by atoms with Gasteiger partial charge in [-0.1, -0.05) is 0 Å². The smallest absolute Gasteiger partial charge is 0.364 e. The molecule has 0 unspecified atom stereocenters. The summed E-state index contributed by atoms with van der Waals surface area (Å²) in [5, 5.41) is 7.71. The molecule has 1 aliphatic heterocycles. The molecule has 164 valence electrons. The fourth-order valence-electron chi connectivity index (χ4n) is 3.43. The Balaban J connectivity index is 0.000000159. The Morgan fingerprint density at radius 1 is 1.19 bits per heavy atom. The van der Waals surface area contributed by atoms with Crippen molar-refractivity contribution in [1.29, 1.82) is 0 Å². The maximum Gasteiger partial charge on any atom is 0.435 e. The van der Waals surface area contributed by atoms with Crippen LogP contribution in [0.1, 0.15) is 59.3 Å². The Hall–Kier alpha value is -3.24. The van der Waals surface area contributed by atoms with Gasteiger partial charge in [-0.15, -0.1) is 0 Å². The van der Waals surface area contributed by atoms with E-state index < -0.39 is 17.8 Å². The number of primary amides is 1. The molecule has 5 rings (SSSR count). The minimum absolute atomic E-state index is 0.271. The van der Waals surface area contributed by atoms with Crippen molar-refractivity contribution in [2.24, 2.45) is 12.8 Å². The maximum atomic E-state index is 12.0. The van der Waals surface area contributed by atoms with Gasteiger partial charge in [-0.3, -0.25) is 14.5 Å². The number of pyridine rings is 1. The fourth-order valence-corrected chi connectivity index (χ4v) is 3.43. The molecule has 4 heterocycles. The zero-order valence-corrected chi connectivity index (χ0v) is 16.9. The highest BCUT2D eigenvalue weighted by Gasteiger charge is 2.35. The van der Waals surface area contributed by atoms with Crippen LogP contribution in [0, 0.1) is 0 Å². The first-order valence-electron chi connectivity index (χ1n) is 10.0. The van der Waals surface area contributed by atoms with E-state index in [9.17, 15) is 18.0 Å². The first kappa shape index (κ1) is 21.0. The predicted molar refractivity (Wildman–Crippen MR) is 105 cm³/mol. The molecular formula is C20H22F3N7O. The number of halogens is 3. The van der Waals surface area contributed by atoms with Gasteiger partial charge in [-0.25, -0.2) is 9.67 Å². The molecule has 2 aliphatic rings. The van der Waals surface area contributed by atoms with Gasteiger partial charge in [0.25, 0.3) is 5.91 Å². The van der Waals surface area contributed by atoms with Gasteiger partial charge in [0.05, 0.1) is 0 Å². The first-order chi connectivity index (χ1) is 14.7. The van der Waals surface area contributed by atoms with Crippen LogP contribution in [0.15, 0.2) is 24.4 Å². The van der Waals surface area contributed by atoms with Gasteiger partial charge in [0.15, 0.2) is 11.5 Å². The van der Waals surface area contributed by atoms with Crippen LogP contribution in [0.2, 0.25) is 0 Å². The predicted octanol–water partition coefficient (Wildman–Crippen LogP) is 3.09. The lowest BCUT2D eigenvalue weighted by atomic mass is 10.1. The third-order valence-corrected chi connectivity index (χ3v) is 5.23. The lowest BCUT2D eigenvalue weighted by Crippen LogP contribution is -2.15. The van der Waals surface area contributed by atoms with Crippen LogP contribution in [0.3, 0.4) is 0 Å². The van der Waals surface area contributed by atoms with E-state index in [0.29, 0.717) is 12.0 Å². The number of nitrogens with two attached hydrogens (primary N) is 1. The average Bonchev–Trinajstić information content (AvgIpc) is 3.35. The summed E-state index contributed by atoms with van der Waals surface area (Å²) in [6.45, 7) is 1.02. The molecule has 0 spiro atoms. The molecule has 3 aromatic heterocycles.